The van der Waals surface area contributed by atoms with Crippen LogP contribution >= 0.6 is 22.1 Å². The van der Waals surface area contributed by atoms with E-state index in [1.165, 1.54) is 20.0 Å². The Bertz CT molecular complexity index is 619. The zero-order chi connectivity index (χ0) is 21.6. The zero-order valence-electron chi connectivity index (χ0n) is 17.4. The zero-order valence-corrected chi connectivity index (χ0v) is 20.1. The summed E-state index contributed by atoms with van der Waals surface area (Å²) in [6, 6.07) is -0.116. The van der Waals surface area contributed by atoms with Gasteiger partial charge in [0.15, 0.2) is 0 Å². The lowest BCUT2D eigenvalue weighted by Crippen LogP contribution is -2.50. The third-order valence-electron chi connectivity index (χ3n) is 4.42. The monoisotopic (exact) mass is 462 g/mol. The molecule has 1 aliphatic rings. The van der Waals surface area contributed by atoms with E-state index in [-0.39, 0.29) is 24.9 Å². The highest BCUT2D eigenvalue weighted by Gasteiger charge is 2.30. The fourth-order valence-electron chi connectivity index (χ4n) is 3.39. The molecule has 0 radical (unpaired) electrons. The van der Waals surface area contributed by atoms with Gasteiger partial charge in [0.1, 0.15) is 0 Å². The van der Waals surface area contributed by atoms with Crippen molar-refractivity contribution in [2.24, 2.45) is 0 Å². The standard InChI is InChI=1S/C15H37N4O6P3/c1-5-16-10-15-11-18(13-27(3,22)23)7-6-17(12-26(2,20)21)8-9-19(15)14-28(4,24)25/h15-16H,5-14H2,1-4H3,(H,20,21)(H,22,23)(H,24,25)/t15-/m0/s1. The number of likely N-dealkylation sites (N-methyl/N-ethyl adjacent to an activating group) is 1. The van der Waals surface area contributed by atoms with Crippen LogP contribution in [-0.4, -0.2) is 120 Å². The Kier molecular flexibility index (Phi) is 10.5. The van der Waals surface area contributed by atoms with Crippen molar-refractivity contribution >= 4 is 22.1 Å². The van der Waals surface area contributed by atoms with Gasteiger partial charge in [-0.25, -0.2) is 0 Å². The van der Waals surface area contributed by atoms with Crippen molar-refractivity contribution < 1.29 is 28.4 Å². The second-order valence-corrected chi connectivity index (χ2v) is 15.2. The molecule has 3 unspecified atom stereocenters. The van der Waals surface area contributed by atoms with E-state index in [4.69, 9.17) is 0 Å². The van der Waals surface area contributed by atoms with Gasteiger partial charge in [-0.2, -0.15) is 0 Å². The lowest BCUT2D eigenvalue weighted by Gasteiger charge is -2.35. The summed E-state index contributed by atoms with van der Waals surface area (Å²) in [5.41, 5.74) is 0. The van der Waals surface area contributed by atoms with Crippen molar-refractivity contribution in [3.05, 3.63) is 0 Å². The summed E-state index contributed by atoms with van der Waals surface area (Å²) < 4.78 is 36.0. The molecule has 0 bridgehead atoms. The van der Waals surface area contributed by atoms with Crippen molar-refractivity contribution in [2.45, 2.75) is 13.0 Å². The molecule has 0 amide bonds. The summed E-state index contributed by atoms with van der Waals surface area (Å²) in [6.45, 7) is 9.66. The molecule has 13 heteroatoms. The first-order valence-electron chi connectivity index (χ1n) is 9.46. The van der Waals surface area contributed by atoms with Gasteiger partial charge in [-0.1, -0.05) is 6.92 Å². The van der Waals surface area contributed by atoms with Crippen molar-refractivity contribution in [1.29, 1.82) is 0 Å². The highest BCUT2D eigenvalue weighted by Crippen LogP contribution is 2.39. The highest BCUT2D eigenvalue weighted by molar-refractivity contribution is 7.57. The number of hydrogen-bond donors (Lipinski definition) is 4. The van der Waals surface area contributed by atoms with Gasteiger partial charge in [-0.05, 0) is 6.54 Å². The Hall–Kier alpha value is 0.410. The van der Waals surface area contributed by atoms with Gasteiger partial charge in [0, 0.05) is 65.3 Å². The molecule has 10 nitrogen and oxygen atoms in total. The Morgan fingerprint density at radius 1 is 0.821 bits per heavy atom. The van der Waals surface area contributed by atoms with Gasteiger partial charge in [0.2, 0.25) is 22.1 Å². The lowest BCUT2D eigenvalue weighted by atomic mass is 10.2. The number of nitrogens with one attached hydrogen (secondary N) is 1. The molecule has 28 heavy (non-hydrogen) atoms. The minimum absolute atomic E-state index is 0.0105. The fraction of sp³-hybridized carbons (Fsp3) is 1.00. The van der Waals surface area contributed by atoms with Crippen LogP contribution < -0.4 is 5.32 Å². The second kappa shape index (κ2) is 11.1. The molecule has 1 fully saturated rings. The van der Waals surface area contributed by atoms with E-state index in [0.717, 1.165) is 6.54 Å². The molecule has 1 saturated heterocycles. The van der Waals surface area contributed by atoms with Crippen LogP contribution in [0.4, 0.5) is 0 Å². The molecule has 1 heterocycles. The van der Waals surface area contributed by atoms with Crippen LogP contribution in [0.5, 0.6) is 0 Å². The number of rotatable bonds is 9. The summed E-state index contributed by atoms with van der Waals surface area (Å²) in [5, 5.41) is 3.27. The SMILES string of the molecule is CCNC[C@H]1CN(CP(C)(=O)O)CCN(CP(C)(=O)O)CCN1CP(C)(=O)O. The van der Waals surface area contributed by atoms with Gasteiger partial charge in [-0.3, -0.25) is 28.4 Å². The Labute approximate surface area is 168 Å². The molecule has 168 valence electrons. The Morgan fingerprint density at radius 2 is 1.29 bits per heavy atom. The van der Waals surface area contributed by atoms with Gasteiger partial charge in [0.25, 0.3) is 0 Å². The fourth-order valence-corrected chi connectivity index (χ4v) is 6.46. The maximum Gasteiger partial charge on any atom is 0.211 e. The van der Waals surface area contributed by atoms with Crippen LogP contribution in [0.25, 0.3) is 0 Å². The maximum atomic E-state index is 12.1. The average molecular weight is 462 g/mol. The summed E-state index contributed by atoms with van der Waals surface area (Å²) >= 11 is 0. The van der Waals surface area contributed by atoms with Crippen LogP contribution in [0, 0.1) is 0 Å². The van der Waals surface area contributed by atoms with E-state index in [2.05, 4.69) is 5.32 Å². The Balaban J connectivity index is 3.11. The summed E-state index contributed by atoms with van der Waals surface area (Å²) in [4.78, 5) is 35.3. The van der Waals surface area contributed by atoms with Gasteiger partial charge >= 0.3 is 0 Å². The second-order valence-electron chi connectivity index (χ2n) is 8.05. The molecule has 0 spiro atoms. The van der Waals surface area contributed by atoms with E-state index in [1.54, 1.807) is 0 Å². The molecule has 0 saturated carbocycles. The molecule has 1 aliphatic heterocycles. The Morgan fingerprint density at radius 3 is 1.79 bits per heavy atom. The largest absolute Gasteiger partial charge is 0.344 e. The molecule has 4 atom stereocenters. The summed E-state index contributed by atoms with van der Waals surface area (Å²) in [5.74, 6) is 0. The van der Waals surface area contributed by atoms with Crippen LogP contribution in [0.3, 0.4) is 0 Å². The van der Waals surface area contributed by atoms with Crippen molar-refractivity contribution in [1.82, 2.24) is 20.0 Å². The van der Waals surface area contributed by atoms with Crippen LogP contribution in [-0.2, 0) is 13.7 Å². The molecule has 0 aromatic rings. The van der Waals surface area contributed by atoms with Crippen LogP contribution in [0.1, 0.15) is 6.92 Å². The van der Waals surface area contributed by atoms with E-state index in [0.29, 0.717) is 39.3 Å². The quantitative estimate of drug-likeness (QED) is 0.358. The molecule has 0 aromatic heterocycles. The van der Waals surface area contributed by atoms with Crippen molar-refractivity contribution in [2.75, 3.05) is 84.7 Å². The summed E-state index contributed by atoms with van der Waals surface area (Å²) in [6.07, 6.45) is 0.0536. The average Bonchev–Trinajstić information content (AvgIpc) is 2.53. The molecule has 0 aromatic carbocycles. The van der Waals surface area contributed by atoms with E-state index >= 15 is 0 Å². The van der Waals surface area contributed by atoms with Crippen molar-refractivity contribution in [3.8, 4) is 0 Å². The third kappa shape index (κ3) is 12.2. The minimum atomic E-state index is -3.32. The molecule has 4 N–H and O–H groups in total. The number of hydrogen-bond acceptors (Lipinski definition) is 7. The van der Waals surface area contributed by atoms with Gasteiger partial charge < -0.3 is 20.0 Å². The van der Waals surface area contributed by atoms with Crippen LogP contribution in [0.15, 0.2) is 0 Å². The van der Waals surface area contributed by atoms with Crippen LogP contribution in [0.2, 0.25) is 0 Å². The lowest BCUT2D eigenvalue weighted by molar-refractivity contribution is 0.169. The van der Waals surface area contributed by atoms with Crippen molar-refractivity contribution in [3.63, 3.8) is 0 Å². The molecule has 1 rings (SSSR count). The number of nitrogens with zero attached hydrogens (tertiary/aromatic N) is 3. The smallest absolute Gasteiger partial charge is 0.211 e. The third-order valence-corrected chi connectivity index (χ3v) is 7.16. The van der Waals surface area contributed by atoms with Gasteiger partial charge in [0.05, 0.1) is 18.9 Å². The van der Waals surface area contributed by atoms with Gasteiger partial charge in [-0.15, -0.1) is 0 Å². The normalized spacial score (nSPS) is 27.8. The minimum Gasteiger partial charge on any atom is -0.344 e. The topological polar surface area (TPSA) is 134 Å². The first-order chi connectivity index (χ1) is 12.7. The predicted octanol–water partition coefficient (Wildman–Crippen LogP) is 0.457. The highest BCUT2D eigenvalue weighted by atomic mass is 31.2. The molecular formula is C15H37N4O6P3. The molecular weight excluding hydrogens is 425 g/mol. The first-order valence-corrected chi connectivity index (χ1v) is 16.3. The summed E-state index contributed by atoms with van der Waals surface area (Å²) in [7, 11) is -9.88. The van der Waals surface area contributed by atoms with E-state index < -0.39 is 22.1 Å². The maximum absolute atomic E-state index is 12.1. The first kappa shape index (κ1) is 26.4. The molecule has 0 aliphatic carbocycles. The predicted molar refractivity (Wildman–Crippen MR) is 114 cm³/mol. The van der Waals surface area contributed by atoms with E-state index in [1.807, 2.05) is 21.6 Å². The van der Waals surface area contributed by atoms with E-state index in [9.17, 15) is 28.4 Å².